The maximum Gasteiger partial charge on any atom is 0.243 e. The Morgan fingerprint density at radius 3 is 2.11 bits per heavy atom. The van der Waals surface area contributed by atoms with Gasteiger partial charge in [0.05, 0.1) is 27.2 Å². The first-order valence-electron chi connectivity index (χ1n) is 14.0. The fraction of sp³-hybridized carbons (Fsp3) is 0.690. The molecule has 1 heterocycles. The number of primary amides is 1. The van der Waals surface area contributed by atoms with Crippen LogP contribution in [-0.4, -0.2) is 62.6 Å². The summed E-state index contributed by atoms with van der Waals surface area (Å²) < 4.78 is 16.7. The van der Waals surface area contributed by atoms with Crippen LogP contribution in [0.25, 0.3) is 0 Å². The number of ether oxygens (including phenoxy) is 3. The fourth-order valence-electron chi connectivity index (χ4n) is 5.99. The van der Waals surface area contributed by atoms with E-state index in [4.69, 9.17) is 19.9 Å². The second-order valence-corrected chi connectivity index (χ2v) is 10.7. The fourth-order valence-corrected chi connectivity index (χ4v) is 5.99. The Morgan fingerprint density at radius 1 is 0.974 bits per heavy atom. The van der Waals surface area contributed by atoms with Crippen molar-refractivity contribution in [3.8, 4) is 17.2 Å². The summed E-state index contributed by atoms with van der Waals surface area (Å²) in [6.45, 7) is 4.34. The number of nitrogens with zero attached hydrogens (tertiary/aromatic N) is 1. The predicted molar refractivity (Wildman–Crippen MR) is 145 cm³/mol. The minimum Gasteiger partial charge on any atom is -0.493 e. The van der Waals surface area contributed by atoms with Gasteiger partial charge in [0.15, 0.2) is 11.5 Å². The quantitative estimate of drug-likeness (QED) is 0.449. The summed E-state index contributed by atoms with van der Waals surface area (Å²) in [4.78, 5) is 41.7. The molecule has 1 saturated heterocycles. The molecule has 3 amide bonds. The molecule has 0 bridgehead atoms. The Morgan fingerprint density at radius 2 is 1.58 bits per heavy atom. The third-order valence-electron chi connectivity index (χ3n) is 8.34. The smallest absolute Gasteiger partial charge is 0.243 e. The Hall–Kier alpha value is -2.97. The molecule has 1 aliphatic carbocycles. The minimum absolute atomic E-state index is 0.0646. The first-order valence-corrected chi connectivity index (χ1v) is 14.0. The Kier molecular flexibility index (Phi) is 10.7. The number of hydrogen-bond donors (Lipinski definition) is 2. The molecular formula is C29H45N3O6. The van der Waals surface area contributed by atoms with Gasteiger partial charge in [-0.15, -0.1) is 0 Å². The van der Waals surface area contributed by atoms with E-state index in [1.807, 2.05) is 26.0 Å². The molecule has 2 unspecified atom stereocenters. The third-order valence-corrected chi connectivity index (χ3v) is 8.34. The number of methoxy groups -OCH3 is 3. The molecule has 0 aromatic heterocycles. The molecule has 0 spiro atoms. The summed E-state index contributed by atoms with van der Waals surface area (Å²) in [7, 11) is 4.69. The Labute approximate surface area is 226 Å². The van der Waals surface area contributed by atoms with E-state index >= 15 is 0 Å². The van der Waals surface area contributed by atoms with Crippen molar-refractivity contribution in [3.63, 3.8) is 0 Å². The predicted octanol–water partition coefficient (Wildman–Crippen LogP) is 3.77. The van der Waals surface area contributed by atoms with E-state index in [0.29, 0.717) is 36.6 Å². The molecule has 1 aromatic carbocycles. The maximum absolute atomic E-state index is 14.4. The van der Waals surface area contributed by atoms with Crippen molar-refractivity contribution >= 4 is 17.7 Å². The third kappa shape index (κ3) is 6.53. The number of carbonyl (C=O) groups excluding carboxylic acids is 3. The lowest BCUT2D eigenvalue weighted by Crippen LogP contribution is -2.58. The summed E-state index contributed by atoms with van der Waals surface area (Å²) in [5.74, 6) is 0.146. The molecule has 9 nitrogen and oxygen atoms in total. The van der Waals surface area contributed by atoms with Crippen LogP contribution < -0.4 is 25.3 Å². The van der Waals surface area contributed by atoms with Gasteiger partial charge in [-0.3, -0.25) is 14.4 Å². The van der Waals surface area contributed by atoms with E-state index in [2.05, 4.69) is 5.32 Å². The highest BCUT2D eigenvalue weighted by Crippen LogP contribution is 2.45. The maximum atomic E-state index is 14.4. The van der Waals surface area contributed by atoms with Gasteiger partial charge in [0.2, 0.25) is 23.5 Å². The zero-order valence-electron chi connectivity index (χ0n) is 23.6. The second-order valence-electron chi connectivity index (χ2n) is 10.7. The van der Waals surface area contributed by atoms with Crippen LogP contribution in [0.1, 0.15) is 83.1 Å². The molecule has 4 atom stereocenters. The average Bonchev–Trinajstić information content (AvgIpc) is 2.95. The molecule has 1 aromatic rings. The van der Waals surface area contributed by atoms with Gasteiger partial charge in [-0.05, 0) is 61.6 Å². The number of likely N-dealkylation sites (tertiary alicyclic amines) is 1. The van der Waals surface area contributed by atoms with E-state index in [9.17, 15) is 14.4 Å². The van der Waals surface area contributed by atoms with Crippen LogP contribution in [0.5, 0.6) is 17.2 Å². The van der Waals surface area contributed by atoms with Crippen LogP contribution in [0.3, 0.4) is 0 Å². The summed E-state index contributed by atoms with van der Waals surface area (Å²) >= 11 is 0. The number of nitrogens with two attached hydrogens (primary N) is 1. The lowest BCUT2D eigenvalue weighted by atomic mass is 9.75. The van der Waals surface area contributed by atoms with Gasteiger partial charge in [0.1, 0.15) is 12.1 Å². The summed E-state index contributed by atoms with van der Waals surface area (Å²) in [5, 5.41) is 2.87. The molecule has 1 aliphatic heterocycles. The van der Waals surface area contributed by atoms with E-state index in [1.54, 1.807) is 26.2 Å². The second kappa shape index (κ2) is 13.7. The Bertz CT molecular complexity index is 952. The number of rotatable bonds is 11. The van der Waals surface area contributed by atoms with Gasteiger partial charge < -0.3 is 30.2 Å². The molecule has 1 saturated carbocycles. The van der Waals surface area contributed by atoms with Crippen molar-refractivity contribution in [3.05, 3.63) is 17.7 Å². The van der Waals surface area contributed by atoms with Gasteiger partial charge in [-0.1, -0.05) is 39.5 Å². The lowest BCUT2D eigenvalue weighted by molar-refractivity contribution is -0.145. The van der Waals surface area contributed by atoms with Gasteiger partial charge in [0.25, 0.3) is 0 Å². The summed E-state index contributed by atoms with van der Waals surface area (Å²) in [6.07, 6.45) is 8.09. The number of carbonyl (C=O) groups is 3. The van der Waals surface area contributed by atoms with Crippen molar-refractivity contribution in [2.45, 2.75) is 89.6 Å². The van der Waals surface area contributed by atoms with Crippen molar-refractivity contribution < 1.29 is 28.6 Å². The van der Waals surface area contributed by atoms with Crippen LogP contribution >= 0.6 is 0 Å². The standard InChI is InChI=1S/C29H45N3O6/c1-6-18(2)25(27(30)33)31-28(34)21-14-10-11-15-32(21)29(35)24(19-12-8-7-9-13-19)20-16-22(36-3)26(38-5)23(17-20)37-4/h16-19,21,24-25H,6-15H2,1-5H3,(H2,30,33)(H,31,34)/t18-,21?,24?,25-/m1/s1. The first-order chi connectivity index (χ1) is 18.3. The van der Waals surface area contributed by atoms with E-state index in [1.165, 1.54) is 0 Å². The highest BCUT2D eigenvalue weighted by Gasteiger charge is 2.41. The van der Waals surface area contributed by atoms with Crippen LogP contribution in [0.2, 0.25) is 0 Å². The monoisotopic (exact) mass is 531 g/mol. The van der Waals surface area contributed by atoms with Crippen molar-refractivity contribution in [2.24, 2.45) is 17.6 Å². The van der Waals surface area contributed by atoms with Crippen molar-refractivity contribution in [1.29, 1.82) is 0 Å². The number of piperidine rings is 1. The minimum atomic E-state index is -0.768. The number of hydrogen-bond acceptors (Lipinski definition) is 6. The average molecular weight is 532 g/mol. The summed E-state index contributed by atoms with van der Waals surface area (Å²) in [5.41, 5.74) is 6.42. The molecular weight excluding hydrogens is 486 g/mol. The molecule has 212 valence electrons. The normalized spacial score (nSPS) is 20.7. The molecule has 9 heteroatoms. The SMILES string of the molecule is CC[C@@H](C)[C@@H](NC(=O)C1CCCCN1C(=O)C(c1cc(OC)c(OC)c(OC)c1)C1CCCCC1)C(N)=O. The van der Waals surface area contributed by atoms with E-state index in [-0.39, 0.29) is 23.7 Å². The van der Waals surface area contributed by atoms with Gasteiger partial charge in [-0.2, -0.15) is 0 Å². The van der Waals surface area contributed by atoms with Crippen molar-refractivity contribution in [2.75, 3.05) is 27.9 Å². The van der Waals surface area contributed by atoms with Crippen LogP contribution in [-0.2, 0) is 14.4 Å². The van der Waals surface area contributed by atoms with Crippen LogP contribution in [0, 0.1) is 11.8 Å². The van der Waals surface area contributed by atoms with Gasteiger partial charge in [0, 0.05) is 6.54 Å². The highest BCUT2D eigenvalue weighted by molar-refractivity contribution is 5.93. The first kappa shape index (κ1) is 29.6. The topological polar surface area (TPSA) is 120 Å². The largest absolute Gasteiger partial charge is 0.493 e. The molecule has 38 heavy (non-hydrogen) atoms. The molecule has 2 fully saturated rings. The zero-order valence-corrected chi connectivity index (χ0v) is 23.6. The summed E-state index contributed by atoms with van der Waals surface area (Å²) in [6, 6.07) is 2.32. The number of amides is 3. The zero-order chi connectivity index (χ0) is 27.8. The Balaban J connectivity index is 1.99. The lowest BCUT2D eigenvalue weighted by Gasteiger charge is -2.40. The molecule has 3 rings (SSSR count). The van der Waals surface area contributed by atoms with E-state index in [0.717, 1.165) is 50.5 Å². The number of nitrogens with one attached hydrogen (secondary N) is 1. The molecule has 2 aliphatic rings. The van der Waals surface area contributed by atoms with Gasteiger partial charge >= 0.3 is 0 Å². The van der Waals surface area contributed by atoms with E-state index < -0.39 is 23.9 Å². The number of benzene rings is 1. The highest BCUT2D eigenvalue weighted by atomic mass is 16.5. The van der Waals surface area contributed by atoms with Gasteiger partial charge in [-0.25, -0.2) is 0 Å². The van der Waals surface area contributed by atoms with Crippen LogP contribution in [0.4, 0.5) is 0 Å². The molecule has 3 N–H and O–H groups in total. The van der Waals surface area contributed by atoms with Crippen LogP contribution in [0.15, 0.2) is 12.1 Å². The van der Waals surface area contributed by atoms with Crippen molar-refractivity contribution in [1.82, 2.24) is 10.2 Å². The molecule has 0 radical (unpaired) electrons.